The standard InChI is InChI=1S/C19H24O.C3H6O.CH2O/c1-12-3-5-16-15(12)7-8-18-17(16)6-4-13-11-14(20)9-10-19(13,18)2;1-2-3-4;1-2/h5,11-12,15H,3-4,6-10H2,1-2H3;3H,2H2,1H3;1H2. The van der Waals surface area contributed by atoms with Crippen LogP contribution in [-0.2, 0) is 14.4 Å². The molecule has 0 aromatic carbocycles. The van der Waals surface area contributed by atoms with Crippen LogP contribution in [-0.4, -0.2) is 18.9 Å². The summed E-state index contributed by atoms with van der Waals surface area (Å²) in [7, 11) is 0. The van der Waals surface area contributed by atoms with Crippen LogP contribution < -0.4 is 0 Å². The number of rotatable bonds is 1. The van der Waals surface area contributed by atoms with Gasteiger partial charge in [0.05, 0.1) is 0 Å². The number of carbonyl (C=O) groups is 3. The highest BCUT2D eigenvalue weighted by atomic mass is 16.1. The molecule has 0 spiro atoms. The lowest BCUT2D eigenvalue weighted by molar-refractivity contribution is -0.115. The molecule has 0 fully saturated rings. The molecular formula is C23H32O3. The van der Waals surface area contributed by atoms with Gasteiger partial charge in [0.25, 0.3) is 0 Å². The van der Waals surface area contributed by atoms with E-state index in [2.05, 4.69) is 19.9 Å². The summed E-state index contributed by atoms with van der Waals surface area (Å²) in [6, 6.07) is 0. The normalized spacial score (nSPS) is 31.7. The van der Waals surface area contributed by atoms with Gasteiger partial charge in [0, 0.05) is 18.3 Å². The van der Waals surface area contributed by atoms with E-state index in [-0.39, 0.29) is 5.41 Å². The van der Waals surface area contributed by atoms with Crippen molar-refractivity contribution < 1.29 is 14.4 Å². The molecule has 0 N–H and O–H groups in total. The molecule has 3 nitrogen and oxygen atoms in total. The molecule has 3 unspecified atom stereocenters. The molecule has 4 aliphatic carbocycles. The zero-order valence-corrected chi connectivity index (χ0v) is 16.5. The molecule has 0 aromatic rings. The second-order valence-electron chi connectivity index (χ2n) is 8.02. The van der Waals surface area contributed by atoms with Crippen LogP contribution in [0.4, 0.5) is 0 Å². The number of hydrogen-bond donors (Lipinski definition) is 0. The largest absolute Gasteiger partial charge is 0.307 e. The van der Waals surface area contributed by atoms with E-state index in [1.807, 2.05) is 19.8 Å². The smallest absolute Gasteiger partial charge is 0.155 e. The van der Waals surface area contributed by atoms with Gasteiger partial charge in [0.2, 0.25) is 0 Å². The monoisotopic (exact) mass is 356 g/mol. The molecule has 0 aromatic heterocycles. The fraction of sp³-hybridized carbons (Fsp3) is 0.609. The van der Waals surface area contributed by atoms with Crippen molar-refractivity contribution in [2.24, 2.45) is 17.3 Å². The second-order valence-corrected chi connectivity index (χ2v) is 8.02. The van der Waals surface area contributed by atoms with E-state index in [1.54, 1.807) is 16.7 Å². The molecule has 0 saturated carbocycles. The summed E-state index contributed by atoms with van der Waals surface area (Å²) in [4.78, 5) is 28.9. The second kappa shape index (κ2) is 8.75. The Hall–Kier alpha value is -1.77. The summed E-state index contributed by atoms with van der Waals surface area (Å²) < 4.78 is 0. The fourth-order valence-electron chi connectivity index (χ4n) is 5.16. The van der Waals surface area contributed by atoms with Crippen LogP contribution in [0.2, 0.25) is 0 Å². The van der Waals surface area contributed by atoms with Gasteiger partial charge in [0.15, 0.2) is 5.78 Å². The van der Waals surface area contributed by atoms with Gasteiger partial charge in [-0.2, -0.15) is 0 Å². The first-order valence-electron chi connectivity index (χ1n) is 9.90. The third-order valence-electron chi connectivity index (χ3n) is 6.61. The van der Waals surface area contributed by atoms with Crippen LogP contribution in [0.3, 0.4) is 0 Å². The molecule has 142 valence electrons. The van der Waals surface area contributed by atoms with Crippen molar-refractivity contribution in [3.8, 4) is 0 Å². The van der Waals surface area contributed by atoms with E-state index in [1.165, 1.54) is 31.3 Å². The summed E-state index contributed by atoms with van der Waals surface area (Å²) in [5, 5.41) is 0. The predicted octanol–water partition coefficient (Wildman–Crippen LogP) is 5.16. The Bertz CT molecular complexity index is 652. The summed E-state index contributed by atoms with van der Waals surface area (Å²) in [5.41, 5.74) is 6.71. The Morgan fingerprint density at radius 3 is 2.58 bits per heavy atom. The molecular weight excluding hydrogens is 324 g/mol. The van der Waals surface area contributed by atoms with Gasteiger partial charge in [-0.15, -0.1) is 0 Å². The van der Waals surface area contributed by atoms with Crippen molar-refractivity contribution in [1.29, 1.82) is 0 Å². The number of fused-ring (bicyclic) bond motifs is 4. The summed E-state index contributed by atoms with van der Waals surface area (Å²) in [6.45, 7) is 8.63. The molecule has 0 heterocycles. The lowest BCUT2D eigenvalue weighted by atomic mass is 9.58. The van der Waals surface area contributed by atoms with Crippen molar-refractivity contribution in [2.75, 3.05) is 0 Å². The SMILES string of the molecule is C=O.CC1CC=C2C3=C(CCC21)C1(C)CCC(=O)C=C1CC3.CCC=O. The molecule has 26 heavy (non-hydrogen) atoms. The van der Waals surface area contributed by atoms with Gasteiger partial charge in [0.1, 0.15) is 13.1 Å². The molecule has 3 heteroatoms. The molecule has 0 saturated heterocycles. The van der Waals surface area contributed by atoms with E-state index in [0.29, 0.717) is 12.2 Å². The Kier molecular flexibility index (Phi) is 6.91. The minimum absolute atomic E-state index is 0.207. The molecule has 4 aliphatic rings. The molecule has 0 radical (unpaired) electrons. The first-order chi connectivity index (χ1) is 12.5. The lowest BCUT2D eigenvalue weighted by Gasteiger charge is -2.46. The van der Waals surface area contributed by atoms with Gasteiger partial charge in [-0.3, -0.25) is 4.79 Å². The minimum atomic E-state index is 0.207. The van der Waals surface area contributed by atoms with Crippen LogP contribution in [0.5, 0.6) is 0 Å². The van der Waals surface area contributed by atoms with E-state index in [0.717, 1.165) is 37.4 Å². The number of carbonyl (C=O) groups excluding carboxylic acids is 3. The maximum absolute atomic E-state index is 11.7. The third-order valence-corrected chi connectivity index (χ3v) is 6.61. The highest BCUT2D eigenvalue weighted by Gasteiger charge is 2.44. The molecule has 3 atom stereocenters. The average molecular weight is 357 g/mol. The molecule has 0 aliphatic heterocycles. The highest BCUT2D eigenvalue weighted by molar-refractivity contribution is 5.92. The minimum Gasteiger partial charge on any atom is -0.307 e. The quantitative estimate of drug-likeness (QED) is 0.610. The van der Waals surface area contributed by atoms with Crippen molar-refractivity contribution in [1.82, 2.24) is 0 Å². The Balaban J connectivity index is 0.000000361. The number of allylic oxidation sites excluding steroid dienone is 6. The van der Waals surface area contributed by atoms with Crippen LogP contribution in [0.15, 0.2) is 34.4 Å². The Labute approximate surface area is 157 Å². The molecule has 0 amide bonds. The number of hydrogen-bond acceptors (Lipinski definition) is 3. The van der Waals surface area contributed by atoms with Crippen LogP contribution in [0.25, 0.3) is 0 Å². The van der Waals surface area contributed by atoms with Gasteiger partial charge in [-0.1, -0.05) is 38.0 Å². The van der Waals surface area contributed by atoms with Crippen LogP contribution in [0.1, 0.15) is 72.1 Å². The van der Waals surface area contributed by atoms with Crippen LogP contribution in [0, 0.1) is 17.3 Å². The van der Waals surface area contributed by atoms with Crippen LogP contribution >= 0.6 is 0 Å². The summed E-state index contributed by atoms with van der Waals surface area (Å²) in [6.07, 6.45) is 14.0. The predicted molar refractivity (Wildman–Crippen MR) is 105 cm³/mol. The van der Waals surface area contributed by atoms with Gasteiger partial charge in [-0.25, -0.2) is 0 Å². The first-order valence-corrected chi connectivity index (χ1v) is 9.90. The van der Waals surface area contributed by atoms with E-state index >= 15 is 0 Å². The molecule has 0 bridgehead atoms. The van der Waals surface area contributed by atoms with E-state index < -0.39 is 0 Å². The van der Waals surface area contributed by atoms with E-state index in [9.17, 15) is 9.59 Å². The maximum Gasteiger partial charge on any atom is 0.155 e. The lowest BCUT2D eigenvalue weighted by Crippen LogP contribution is -2.34. The number of aldehydes is 1. The van der Waals surface area contributed by atoms with Crippen molar-refractivity contribution in [3.05, 3.63) is 34.4 Å². The van der Waals surface area contributed by atoms with Gasteiger partial charge in [-0.05, 0) is 67.6 Å². The zero-order chi connectivity index (χ0) is 19.3. The fourth-order valence-corrected chi connectivity index (χ4v) is 5.16. The van der Waals surface area contributed by atoms with Crippen molar-refractivity contribution in [2.45, 2.75) is 72.1 Å². The summed E-state index contributed by atoms with van der Waals surface area (Å²) in [5.74, 6) is 2.02. The summed E-state index contributed by atoms with van der Waals surface area (Å²) >= 11 is 0. The van der Waals surface area contributed by atoms with Crippen molar-refractivity contribution >= 4 is 18.9 Å². The average Bonchev–Trinajstić information content (AvgIpc) is 3.05. The van der Waals surface area contributed by atoms with Crippen molar-refractivity contribution in [3.63, 3.8) is 0 Å². The van der Waals surface area contributed by atoms with Gasteiger partial charge >= 0.3 is 0 Å². The number of ketones is 1. The van der Waals surface area contributed by atoms with E-state index in [4.69, 9.17) is 4.79 Å². The Morgan fingerprint density at radius 1 is 1.23 bits per heavy atom. The Morgan fingerprint density at radius 2 is 1.92 bits per heavy atom. The zero-order valence-electron chi connectivity index (χ0n) is 16.5. The molecule has 4 rings (SSSR count). The highest BCUT2D eigenvalue weighted by Crippen LogP contribution is 2.57. The third kappa shape index (κ3) is 3.67. The maximum atomic E-state index is 11.7. The first kappa shape index (κ1) is 20.5. The topological polar surface area (TPSA) is 51.2 Å². The van der Waals surface area contributed by atoms with Gasteiger partial charge < -0.3 is 9.59 Å².